The van der Waals surface area contributed by atoms with Crippen molar-refractivity contribution in [3.05, 3.63) is 68.1 Å². The lowest BCUT2D eigenvalue weighted by Gasteiger charge is -2.39. The van der Waals surface area contributed by atoms with Gasteiger partial charge in [0.2, 0.25) is 0 Å². The van der Waals surface area contributed by atoms with E-state index in [0.717, 1.165) is 22.9 Å². The molecule has 2 aromatic heterocycles. The second-order valence-corrected chi connectivity index (χ2v) is 8.15. The maximum atomic E-state index is 12.5. The molecule has 5 rings (SSSR count). The van der Waals surface area contributed by atoms with Gasteiger partial charge in [0.15, 0.2) is 0 Å². The molecule has 0 amide bonds. The fourth-order valence-corrected chi connectivity index (χ4v) is 5.67. The van der Waals surface area contributed by atoms with Crippen LogP contribution in [0.2, 0.25) is 0 Å². The molecule has 2 aliphatic rings. The summed E-state index contributed by atoms with van der Waals surface area (Å²) >= 11 is 1.86. The summed E-state index contributed by atoms with van der Waals surface area (Å²) in [5.74, 6) is 0.540. The van der Waals surface area contributed by atoms with Crippen LogP contribution in [0.1, 0.15) is 53.7 Å². The number of hydrogen-bond acceptors (Lipinski definition) is 3. The van der Waals surface area contributed by atoms with E-state index in [-0.39, 0.29) is 17.8 Å². The van der Waals surface area contributed by atoms with Gasteiger partial charge in [-0.15, -0.1) is 11.3 Å². The van der Waals surface area contributed by atoms with Crippen molar-refractivity contribution in [2.75, 3.05) is 0 Å². The molecule has 0 N–H and O–H groups in total. The molecule has 3 atom stereocenters. The zero-order valence-corrected chi connectivity index (χ0v) is 15.1. The number of aryl methyl sites for hydroxylation is 1. The molecule has 1 saturated carbocycles. The van der Waals surface area contributed by atoms with Crippen LogP contribution in [0.3, 0.4) is 0 Å². The van der Waals surface area contributed by atoms with E-state index < -0.39 is 0 Å². The summed E-state index contributed by atoms with van der Waals surface area (Å²) in [5.41, 5.74) is 3.28. The van der Waals surface area contributed by atoms with Crippen molar-refractivity contribution in [3.63, 3.8) is 0 Å². The first-order chi connectivity index (χ1) is 12.2. The van der Waals surface area contributed by atoms with E-state index in [1.54, 1.807) is 10.6 Å². The molecule has 25 heavy (non-hydrogen) atoms. The maximum absolute atomic E-state index is 12.5. The van der Waals surface area contributed by atoms with Gasteiger partial charge in [0.05, 0.1) is 11.6 Å². The van der Waals surface area contributed by atoms with Gasteiger partial charge in [0, 0.05) is 34.9 Å². The summed E-state index contributed by atoms with van der Waals surface area (Å²) in [6.07, 6.45) is 5.05. The first kappa shape index (κ1) is 15.4. The van der Waals surface area contributed by atoms with Gasteiger partial charge in [-0.05, 0) is 35.9 Å². The average molecular weight is 351 g/mol. The average Bonchev–Trinajstić information content (AvgIpc) is 3.14. The van der Waals surface area contributed by atoms with Crippen LogP contribution in [-0.2, 0) is 11.8 Å². The highest BCUT2D eigenvalue weighted by Gasteiger charge is 2.39. The molecule has 128 valence electrons. The Hall–Kier alpha value is -1.91. The topological polar surface area (TPSA) is 31.2 Å². The van der Waals surface area contributed by atoms with E-state index in [9.17, 15) is 4.79 Å². The minimum atomic E-state index is -0.126. The largest absolute Gasteiger partial charge is 0.365 e. The van der Waals surface area contributed by atoms with Gasteiger partial charge in [0.1, 0.15) is 6.10 Å². The number of nitrogens with zero attached hydrogens (tertiary/aromatic N) is 1. The zero-order chi connectivity index (χ0) is 17.0. The van der Waals surface area contributed by atoms with Gasteiger partial charge >= 0.3 is 0 Å². The lowest BCUT2D eigenvalue weighted by atomic mass is 9.80. The van der Waals surface area contributed by atoms with Crippen molar-refractivity contribution in [2.24, 2.45) is 7.05 Å². The van der Waals surface area contributed by atoms with Gasteiger partial charge < -0.3 is 9.30 Å². The van der Waals surface area contributed by atoms with E-state index in [1.807, 2.05) is 36.6 Å². The molecule has 0 bridgehead atoms. The molecule has 0 radical (unpaired) electrons. The fraction of sp³-hybridized carbons (Fsp3) is 0.381. The number of thiophene rings is 1. The Balaban J connectivity index is 1.73. The third-order valence-corrected chi connectivity index (χ3v) is 6.89. The highest BCUT2D eigenvalue weighted by molar-refractivity contribution is 7.10. The van der Waals surface area contributed by atoms with Crippen LogP contribution < -0.4 is 5.56 Å². The predicted octanol–water partition coefficient (Wildman–Crippen LogP) is 4.75. The number of benzene rings is 1. The molecule has 1 fully saturated rings. The lowest BCUT2D eigenvalue weighted by molar-refractivity contribution is -0.0368. The van der Waals surface area contributed by atoms with Gasteiger partial charge in [-0.2, -0.15) is 0 Å². The van der Waals surface area contributed by atoms with E-state index in [2.05, 4.69) is 17.5 Å². The molecule has 0 saturated heterocycles. The Morgan fingerprint density at radius 1 is 1.12 bits per heavy atom. The number of rotatable bonds is 1. The molecule has 4 heteroatoms. The Labute approximate surface area is 150 Å². The van der Waals surface area contributed by atoms with Gasteiger partial charge in [-0.1, -0.05) is 31.0 Å². The van der Waals surface area contributed by atoms with Crippen LogP contribution in [0.25, 0.3) is 10.9 Å². The summed E-state index contributed by atoms with van der Waals surface area (Å²) in [6.45, 7) is 0. The van der Waals surface area contributed by atoms with E-state index in [1.165, 1.54) is 29.7 Å². The third kappa shape index (κ3) is 2.31. The molecular formula is C21H21NO2S. The first-order valence-corrected chi connectivity index (χ1v) is 9.93. The zero-order valence-electron chi connectivity index (χ0n) is 14.3. The normalized spacial score (nSPS) is 25.6. The molecule has 1 aromatic carbocycles. The van der Waals surface area contributed by atoms with Crippen molar-refractivity contribution in [2.45, 2.75) is 43.8 Å². The summed E-state index contributed by atoms with van der Waals surface area (Å²) in [4.78, 5) is 14.0. The maximum Gasteiger partial charge on any atom is 0.251 e. The SMILES string of the molecule is Cn1c(=O)cc(C2OC3CCCCC3c3sccc32)c2ccccc21. The standard InChI is InChI=1S/C21H21NO2S/c1-22-17-8-4-2-6-13(17)16(12-19(22)23)20-15-10-11-25-21(15)14-7-3-5-9-18(14)24-20/h2,4,6,8,10-12,14,18,20H,3,5,7,9H2,1H3. The van der Waals surface area contributed by atoms with Gasteiger partial charge in [-0.25, -0.2) is 0 Å². The highest BCUT2D eigenvalue weighted by Crippen LogP contribution is 2.49. The monoisotopic (exact) mass is 351 g/mol. The highest BCUT2D eigenvalue weighted by atomic mass is 32.1. The van der Waals surface area contributed by atoms with Crippen molar-refractivity contribution in [1.82, 2.24) is 4.57 Å². The van der Waals surface area contributed by atoms with Crippen LogP contribution in [-0.4, -0.2) is 10.7 Å². The number of aromatic nitrogens is 1. The first-order valence-electron chi connectivity index (χ1n) is 9.05. The number of para-hydroxylation sites is 1. The van der Waals surface area contributed by atoms with E-state index >= 15 is 0 Å². The summed E-state index contributed by atoms with van der Waals surface area (Å²) in [7, 11) is 1.84. The number of pyridine rings is 1. The Kier molecular flexibility index (Phi) is 3.57. The minimum absolute atomic E-state index is 0.0276. The van der Waals surface area contributed by atoms with E-state index in [0.29, 0.717) is 5.92 Å². The Morgan fingerprint density at radius 2 is 1.96 bits per heavy atom. The molecular weight excluding hydrogens is 330 g/mol. The summed E-state index contributed by atoms with van der Waals surface area (Å²) < 4.78 is 8.34. The lowest BCUT2D eigenvalue weighted by Crippen LogP contribution is -2.33. The molecule has 1 aliphatic carbocycles. The van der Waals surface area contributed by atoms with Crippen molar-refractivity contribution < 1.29 is 4.74 Å². The van der Waals surface area contributed by atoms with Crippen LogP contribution in [0.4, 0.5) is 0 Å². The van der Waals surface area contributed by atoms with Crippen LogP contribution >= 0.6 is 11.3 Å². The van der Waals surface area contributed by atoms with Gasteiger partial charge in [-0.3, -0.25) is 4.79 Å². The molecule has 0 spiro atoms. The van der Waals surface area contributed by atoms with Crippen molar-refractivity contribution in [3.8, 4) is 0 Å². The van der Waals surface area contributed by atoms with Crippen molar-refractivity contribution in [1.29, 1.82) is 0 Å². The van der Waals surface area contributed by atoms with Crippen LogP contribution in [0, 0.1) is 0 Å². The fourth-order valence-electron chi connectivity index (χ4n) is 4.55. The summed E-state index contributed by atoms with van der Waals surface area (Å²) in [6, 6.07) is 12.1. The van der Waals surface area contributed by atoms with Gasteiger partial charge in [0.25, 0.3) is 5.56 Å². The molecule has 3 heterocycles. The summed E-state index contributed by atoms with van der Waals surface area (Å²) in [5, 5.41) is 3.29. The Morgan fingerprint density at radius 3 is 2.88 bits per heavy atom. The molecule has 3 nitrogen and oxygen atoms in total. The van der Waals surface area contributed by atoms with Crippen LogP contribution in [0.15, 0.2) is 46.6 Å². The number of fused-ring (bicyclic) bond motifs is 4. The predicted molar refractivity (Wildman–Crippen MR) is 101 cm³/mol. The molecule has 3 unspecified atom stereocenters. The second kappa shape index (κ2) is 5.82. The molecule has 1 aliphatic heterocycles. The number of hydrogen-bond donors (Lipinski definition) is 0. The Bertz CT molecular complexity index is 1000. The second-order valence-electron chi connectivity index (χ2n) is 7.20. The third-order valence-electron chi connectivity index (χ3n) is 5.83. The smallest absolute Gasteiger partial charge is 0.251 e. The molecule has 3 aromatic rings. The minimum Gasteiger partial charge on any atom is -0.365 e. The van der Waals surface area contributed by atoms with Crippen LogP contribution in [0.5, 0.6) is 0 Å². The number of ether oxygens (including phenoxy) is 1. The van der Waals surface area contributed by atoms with Crippen molar-refractivity contribution >= 4 is 22.2 Å². The quantitative estimate of drug-likeness (QED) is 0.634. The van der Waals surface area contributed by atoms with E-state index in [4.69, 9.17) is 4.74 Å².